The van der Waals surface area contributed by atoms with Crippen LogP contribution in [0, 0.1) is 0 Å². The predicted molar refractivity (Wildman–Crippen MR) is 59.4 cm³/mol. The van der Waals surface area contributed by atoms with Gasteiger partial charge in [-0.2, -0.15) is 0 Å². The highest BCUT2D eigenvalue weighted by Crippen LogP contribution is 2.33. The maximum Gasteiger partial charge on any atom is 0.165 e. The van der Waals surface area contributed by atoms with Crippen molar-refractivity contribution < 1.29 is 9.47 Å². The minimum atomic E-state index is -0.0509. The zero-order chi connectivity index (χ0) is 9.84. The Kier molecular flexibility index (Phi) is 5.35. The average Bonchev–Trinajstić information content (AvgIpc) is 2.16. The fourth-order valence-corrected chi connectivity index (χ4v) is 1.27. The molecule has 0 amide bonds. The molecule has 0 aliphatic carbocycles. The average molecular weight is 218 g/mol. The first-order chi connectivity index (χ1) is 6.20. The number of methoxy groups -OCH3 is 2. The van der Waals surface area contributed by atoms with Gasteiger partial charge in [-0.05, 0) is 13.0 Å². The number of hydrogen-bond donors (Lipinski definition) is 1. The third-order valence-corrected chi connectivity index (χ3v) is 1.92. The Balaban J connectivity index is 0.00000169. The van der Waals surface area contributed by atoms with Crippen molar-refractivity contribution in [3.8, 4) is 11.5 Å². The molecule has 1 aromatic rings. The van der Waals surface area contributed by atoms with Gasteiger partial charge in [-0.15, -0.1) is 12.4 Å². The van der Waals surface area contributed by atoms with Crippen LogP contribution in [0.1, 0.15) is 18.5 Å². The number of nitrogens with two attached hydrogens (primary N) is 1. The van der Waals surface area contributed by atoms with Crippen molar-refractivity contribution in [3.05, 3.63) is 23.8 Å². The van der Waals surface area contributed by atoms with Crippen LogP contribution in [0.2, 0.25) is 0 Å². The van der Waals surface area contributed by atoms with Gasteiger partial charge in [-0.25, -0.2) is 0 Å². The molecule has 14 heavy (non-hydrogen) atoms. The largest absolute Gasteiger partial charge is 0.493 e. The molecule has 80 valence electrons. The summed E-state index contributed by atoms with van der Waals surface area (Å²) in [6.07, 6.45) is 0. The van der Waals surface area contributed by atoms with E-state index in [4.69, 9.17) is 15.2 Å². The minimum Gasteiger partial charge on any atom is -0.493 e. The van der Waals surface area contributed by atoms with Crippen LogP contribution in [0.25, 0.3) is 0 Å². The van der Waals surface area contributed by atoms with Gasteiger partial charge < -0.3 is 15.2 Å². The molecule has 0 saturated heterocycles. The van der Waals surface area contributed by atoms with Crippen molar-refractivity contribution in [1.29, 1.82) is 0 Å². The summed E-state index contributed by atoms with van der Waals surface area (Å²) in [5.41, 5.74) is 6.74. The van der Waals surface area contributed by atoms with E-state index >= 15 is 0 Å². The first-order valence-corrected chi connectivity index (χ1v) is 4.17. The lowest BCUT2D eigenvalue weighted by Gasteiger charge is -2.14. The third-order valence-electron chi connectivity index (χ3n) is 1.92. The molecule has 2 N–H and O–H groups in total. The fourth-order valence-electron chi connectivity index (χ4n) is 1.27. The second kappa shape index (κ2) is 5.73. The number of para-hydroxylation sites is 1. The van der Waals surface area contributed by atoms with E-state index in [0.29, 0.717) is 0 Å². The highest BCUT2D eigenvalue weighted by Gasteiger charge is 2.11. The van der Waals surface area contributed by atoms with E-state index in [1.807, 2.05) is 25.1 Å². The van der Waals surface area contributed by atoms with Crippen LogP contribution in [0.4, 0.5) is 0 Å². The Hall–Kier alpha value is -0.930. The molecule has 3 nitrogen and oxygen atoms in total. The summed E-state index contributed by atoms with van der Waals surface area (Å²) in [7, 11) is 3.23. The van der Waals surface area contributed by atoms with Gasteiger partial charge in [0.25, 0.3) is 0 Å². The first-order valence-electron chi connectivity index (χ1n) is 4.17. The summed E-state index contributed by atoms with van der Waals surface area (Å²) < 4.78 is 10.4. The van der Waals surface area contributed by atoms with E-state index in [9.17, 15) is 0 Å². The molecule has 0 heterocycles. The van der Waals surface area contributed by atoms with Crippen molar-refractivity contribution in [2.45, 2.75) is 13.0 Å². The van der Waals surface area contributed by atoms with Crippen LogP contribution in [0.15, 0.2) is 18.2 Å². The maximum absolute atomic E-state index is 5.78. The van der Waals surface area contributed by atoms with Crippen LogP contribution in [-0.4, -0.2) is 14.2 Å². The summed E-state index contributed by atoms with van der Waals surface area (Å²) in [5.74, 6) is 1.44. The van der Waals surface area contributed by atoms with Gasteiger partial charge >= 0.3 is 0 Å². The second-order valence-electron chi connectivity index (χ2n) is 2.87. The molecule has 1 atom stereocenters. The Morgan fingerprint density at radius 3 is 2.29 bits per heavy atom. The summed E-state index contributed by atoms with van der Waals surface area (Å²) in [4.78, 5) is 0. The smallest absolute Gasteiger partial charge is 0.165 e. The molecule has 0 aliphatic heterocycles. The molecule has 1 rings (SSSR count). The van der Waals surface area contributed by atoms with Crippen LogP contribution in [0.3, 0.4) is 0 Å². The first kappa shape index (κ1) is 13.1. The molecular weight excluding hydrogens is 202 g/mol. The molecule has 0 radical (unpaired) electrons. The molecule has 0 saturated carbocycles. The Morgan fingerprint density at radius 2 is 1.86 bits per heavy atom. The SMILES string of the molecule is COc1cccc([C@@H](C)N)c1OC.Cl. The summed E-state index contributed by atoms with van der Waals surface area (Å²) in [6, 6.07) is 5.64. The Morgan fingerprint density at radius 1 is 1.21 bits per heavy atom. The molecule has 0 bridgehead atoms. The summed E-state index contributed by atoms with van der Waals surface area (Å²) in [5, 5.41) is 0. The molecule has 0 unspecified atom stereocenters. The Labute approximate surface area is 90.6 Å². The number of ether oxygens (including phenoxy) is 2. The van der Waals surface area contributed by atoms with Gasteiger partial charge in [0.2, 0.25) is 0 Å². The van der Waals surface area contributed by atoms with Crippen molar-refractivity contribution >= 4 is 12.4 Å². The number of hydrogen-bond acceptors (Lipinski definition) is 3. The topological polar surface area (TPSA) is 44.5 Å². The molecule has 0 fully saturated rings. The monoisotopic (exact) mass is 217 g/mol. The molecule has 4 heteroatoms. The summed E-state index contributed by atoms with van der Waals surface area (Å²) >= 11 is 0. The van der Waals surface area contributed by atoms with Gasteiger partial charge in [-0.3, -0.25) is 0 Å². The molecule has 0 aromatic heterocycles. The number of benzene rings is 1. The van der Waals surface area contributed by atoms with Gasteiger partial charge in [0.05, 0.1) is 14.2 Å². The predicted octanol–water partition coefficient (Wildman–Crippen LogP) is 2.15. The van der Waals surface area contributed by atoms with E-state index in [1.54, 1.807) is 14.2 Å². The lowest BCUT2D eigenvalue weighted by Crippen LogP contribution is -2.07. The zero-order valence-corrected chi connectivity index (χ0v) is 9.43. The van der Waals surface area contributed by atoms with Crippen LogP contribution in [0.5, 0.6) is 11.5 Å². The molecule has 0 aliphatic rings. The standard InChI is InChI=1S/C10H15NO2.ClH/c1-7(11)8-5-4-6-9(12-2)10(8)13-3;/h4-7H,11H2,1-3H3;1H/t7-;/m1./s1. The summed E-state index contributed by atoms with van der Waals surface area (Å²) in [6.45, 7) is 1.91. The van der Waals surface area contributed by atoms with E-state index < -0.39 is 0 Å². The number of halogens is 1. The van der Waals surface area contributed by atoms with Crippen LogP contribution < -0.4 is 15.2 Å². The van der Waals surface area contributed by atoms with Crippen LogP contribution >= 0.6 is 12.4 Å². The quantitative estimate of drug-likeness (QED) is 0.844. The Bertz CT molecular complexity index is 289. The van der Waals surface area contributed by atoms with E-state index in [0.717, 1.165) is 17.1 Å². The van der Waals surface area contributed by atoms with Gasteiger partial charge in [-0.1, -0.05) is 12.1 Å². The fraction of sp³-hybridized carbons (Fsp3) is 0.400. The van der Waals surface area contributed by atoms with Crippen molar-refractivity contribution in [1.82, 2.24) is 0 Å². The third kappa shape index (κ3) is 2.53. The normalized spacial score (nSPS) is 11.4. The van der Waals surface area contributed by atoms with Gasteiger partial charge in [0.15, 0.2) is 11.5 Å². The maximum atomic E-state index is 5.78. The highest BCUT2D eigenvalue weighted by atomic mass is 35.5. The molecule has 0 spiro atoms. The lowest BCUT2D eigenvalue weighted by atomic mass is 10.1. The molecular formula is C10H16ClNO2. The van der Waals surface area contributed by atoms with Crippen molar-refractivity contribution in [3.63, 3.8) is 0 Å². The second-order valence-corrected chi connectivity index (χ2v) is 2.87. The lowest BCUT2D eigenvalue weighted by molar-refractivity contribution is 0.350. The van der Waals surface area contributed by atoms with Gasteiger partial charge in [0, 0.05) is 11.6 Å². The molecule has 1 aromatic carbocycles. The van der Waals surface area contributed by atoms with E-state index in [-0.39, 0.29) is 18.4 Å². The van der Waals surface area contributed by atoms with Crippen LogP contribution in [-0.2, 0) is 0 Å². The van der Waals surface area contributed by atoms with Crippen molar-refractivity contribution in [2.24, 2.45) is 5.73 Å². The van der Waals surface area contributed by atoms with Gasteiger partial charge in [0.1, 0.15) is 0 Å². The highest BCUT2D eigenvalue weighted by molar-refractivity contribution is 5.85. The van der Waals surface area contributed by atoms with E-state index in [1.165, 1.54) is 0 Å². The zero-order valence-electron chi connectivity index (χ0n) is 8.61. The van der Waals surface area contributed by atoms with Crippen molar-refractivity contribution in [2.75, 3.05) is 14.2 Å². The van der Waals surface area contributed by atoms with E-state index in [2.05, 4.69) is 0 Å². The minimum absolute atomic E-state index is 0. The number of rotatable bonds is 3.